The maximum absolute atomic E-state index is 12.9. The predicted octanol–water partition coefficient (Wildman–Crippen LogP) is 3.21. The van der Waals surface area contributed by atoms with Crippen molar-refractivity contribution < 1.29 is 22.7 Å². The molecule has 0 saturated heterocycles. The third-order valence-corrected chi connectivity index (χ3v) is 4.12. The predicted molar refractivity (Wildman–Crippen MR) is 88.7 cm³/mol. The Morgan fingerprint density at radius 3 is 2.36 bits per heavy atom. The van der Waals surface area contributed by atoms with Crippen molar-refractivity contribution in [2.24, 2.45) is 0 Å². The highest BCUT2D eigenvalue weighted by Crippen LogP contribution is 2.35. The molecule has 2 aromatic rings. The van der Waals surface area contributed by atoms with Crippen molar-refractivity contribution in [1.29, 1.82) is 10.5 Å². The molecule has 0 fully saturated rings. The fourth-order valence-electron chi connectivity index (χ4n) is 2.18. The summed E-state index contributed by atoms with van der Waals surface area (Å²) < 4.78 is 44.6. The first-order valence-corrected chi connectivity index (χ1v) is 7.54. The van der Waals surface area contributed by atoms with E-state index >= 15 is 0 Å². The lowest BCUT2D eigenvalue weighted by atomic mass is 10.1. The number of alkyl halides is 3. The van der Waals surface area contributed by atoms with Crippen LogP contribution in [0.3, 0.4) is 0 Å². The number of aromatic nitrogens is 1. The maximum atomic E-state index is 12.9. The average Bonchev–Trinajstić information content (AvgIpc) is 2.88. The molecule has 0 aliphatic heterocycles. The third-order valence-electron chi connectivity index (χ3n) is 3.30. The molecule has 10 heteroatoms. The summed E-state index contributed by atoms with van der Waals surface area (Å²) in [6.45, 7) is 0. The normalized spacial score (nSPS) is 10.8. The first-order chi connectivity index (χ1) is 11.6. The Balaban J connectivity index is 2.87. The zero-order chi connectivity index (χ0) is 18.9. The Kier molecular flexibility index (Phi) is 4.94. The molecule has 0 bridgehead atoms. The van der Waals surface area contributed by atoms with E-state index < -0.39 is 17.7 Å². The van der Waals surface area contributed by atoms with E-state index in [1.807, 2.05) is 0 Å². The molecule has 1 aromatic carbocycles. The average molecular weight is 460 g/mol. The van der Waals surface area contributed by atoms with E-state index in [0.717, 1.165) is 17.7 Å². The van der Waals surface area contributed by atoms with Crippen molar-refractivity contribution in [3.8, 4) is 17.8 Å². The van der Waals surface area contributed by atoms with Crippen LogP contribution in [-0.4, -0.2) is 17.6 Å². The molecular weight excluding hydrogens is 452 g/mol. The topological polar surface area (TPSA) is 105 Å². The van der Waals surface area contributed by atoms with Crippen LogP contribution in [0.1, 0.15) is 27.2 Å². The third kappa shape index (κ3) is 3.25. The molecule has 2 N–H and O–H groups in total. The second-order valence-electron chi connectivity index (χ2n) is 4.74. The van der Waals surface area contributed by atoms with Crippen LogP contribution in [0.15, 0.2) is 18.3 Å². The van der Waals surface area contributed by atoms with Gasteiger partial charge in [0.15, 0.2) is 5.69 Å². The van der Waals surface area contributed by atoms with Gasteiger partial charge in [-0.2, -0.15) is 23.7 Å². The van der Waals surface area contributed by atoms with E-state index in [9.17, 15) is 23.2 Å². The van der Waals surface area contributed by atoms with Gasteiger partial charge in [0.05, 0.1) is 35.2 Å². The number of benzene rings is 1. The number of nitriles is 2. The zero-order valence-electron chi connectivity index (χ0n) is 12.5. The van der Waals surface area contributed by atoms with Crippen molar-refractivity contribution in [1.82, 2.24) is 4.57 Å². The summed E-state index contributed by atoms with van der Waals surface area (Å²) in [5.74, 6) is -0.890. The van der Waals surface area contributed by atoms with Gasteiger partial charge in [0, 0.05) is 9.77 Å². The number of halogens is 4. The maximum Gasteiger partial charge on any atom is 0.416 e. The van der Waals surface area contributed by atoms with Crippen molar-refractivity contribution in [2.45, 2.75) is 6.18 Å². The molecule has 0 aliphatic rings. The van der Waals surface area contributed by atoms with Crippen LogP contribution in [0.25, 0.3) is 5.69 Å². The fraction of sp³-hybridized carbons (Fsp3) is 0.133. The molecular formula is C15H8F3IN4O2. The van der Waals surface area contributed by atoms with E-state index in [0.29, 0.717) is 6.07 Å². The molecule has 2 rings (SSSR count). The number of carbonyl (C=O) groups excluding carboxylic acids is 1. The van der Waals surface area contributed by atoms with E-state index in [2.05, 4.69) is 4.74 Å². The number of hydrogen-bond donors (Lipinski definition) is 1. The molecule has 6 nitrogen and oxygen atoms in total. The van der Waals surface area contributed by atoms with Crippen LogP contribution in [-0.2, 0) is 10.9 Å². The van der Waals surface area contributed by atoms with Gasteiger partial charge in [0.2, 0.25) is 0 Å². The zero-order valence-corrected chi connectivity index (χ0v) is 14.6. The fourth-order valence-corrected chi connectivity index (χ4v) is 3.07. The second kappa shape index (κ2) is 6.64. The van der Waals surface area contributed by atoms with Crippen LogP contribution in [0.4, 0.5) is 18.9 Å². The molecule has 1 heterocycles. The van der Waals surface area contributed by atoms with Crippen LogP contribution in [0.5, 0.6) is 0 Å². The van der Waals surface area contributed by atoms with Crippen LogP contribution in [0.2, 0.25) is 0 Å². The number of esters is 1. The standard InChI is InChI=1S/C15H8F3IN4O2/c1-25-14(24)13-11(22)8(5-21)6-23(13)12-7(4-20)2-9(3-10(12)19)15(16,17)18/h2-3,6H,22H2,1H3. The SMILES string of the molecule is COC(=O)c1c(N)c(C#N)cn1-c1c(I)cc(C(F)(F)F)cc1C#N. The van der Waals surface area contributed by atoms with Gasteiger partial charge in [0.1, 0.15) is 12.1 Å². The van der Waals surface area contributed by atoms with E-state index in [4.69, 9.17) is 11.0 Å². The van der Waals surface area contributed by atoms with Gasteiger partial charge >= 0.3 is 12.1 Å². The van der Waals surface area contributed by atoms with Crippen molar-refractivity contribution >= 4 is 34.2 Å². The van der Waals surface area contributed by atoms with Crippen LogP contribution in [0, 0.1) is 26.2 Å². The highest BCUT2D eigenvalue weighted by Gasteiger charge is 2.33. The summed E-state index contributed by atoms with van der Waals surface area (Å²) in [4.78, 5) is 12.0. The van der Waals surface area contributed by atoms with Crippen LogP contribution < -0.4 is 5.73 Å². The summed E-state index contributed by atoms with van der Waals surface area (Å²) in [5.41, 5.74) is 3.93. The summed E-state index contributed by atoms with van der Waals surface area (Å²) in [7, 11) is 1.09. The van der Waals surface area contributed by atoms with E-state index in [-0.39, 0.29) is 31.8 Å². The summed E-state index contributed by atoms with van der Waals surface area (Å²) in [5, 5.41) is 18.4. The van der Waals surface area contributed by atoms with Crippen molar-refractivity contribution in [3.05, 3.63) is 44.3 Å². The number of carbonyl (C=O) groups is 1. The van der Waals surface area contributed by atoms with Crippen LogP contribution >= 0.6 is 22.6 Å². The van der Waals surface area contributed by atoms with Gasteiger partial charge in [-0.1, -0.05) is 0 Å². The highest BCUT2D eigenvalue weighted by molar-refractivity contribution is 14.1. The Hall–Kier alpha value is -2.73. The summed E-state index contributed by atoms with van der Waals surface area (Å²) >= 11 is 1.62. The Morgan fingerprint density at radius 1 is 1.28 bits per heavy atom. The molecule has 128 valence electrons. The van der Waals surface area contributed by atoms with Crippen molar-refractivity contribution in [2.75, 3.05) is 12.8 Å². The number of rotatable bonds is 2. The molecule has 0 saturated carbocycles. The summed E-state index contributed by atoms with van der Waals surface area (Å²) in [6.07, 6.45) is -3.46. The lowest BCUT2D eigenvalue weighted by Gasteiger charge is -2.15. The number of nitrogens with zero attached hydrogens (tertiary/aromatic N) is 3. The van der Waals surface area contributed by atoms with Gasteiger partial charge in [-0.3, -0.25) is 0 Å². The molecule has 0 amide bonds. The Morgan fingerprint density at radius 2 is 1.88 bits per heavy atom. The number of nitrogens with two attached hydrogens (primary N) is 1. The van der Waals surface area contributed by atoms with E-state index in [1.54, 1.807) is 34.7 Å². The van der Waals surface area contributed by atoms with Gasteiger partial charge in [-0.15, -0.1) is 0 Å². The van der Waals surface area contributed by atoms with Gasteiger partial charge in [-0.25, -0.2) is 4.79 Å². The minimum Gasteiger partial charge on any atom is -0.464 e. The lowest BCUT2D eigenvalue weighted by molar-refractivity contribution is -0.137. The second-order valence-corrected chi connectivity index (χ2v) is 5.90. The van der Waals surface area contributed by atoms with Gasteiger partial charge in [0.25, 0.3) is 0 Å². The van der Waals surface area contributed by atoms with Gasteiger partial charge in [-0.05, 0) is 34.7 Å². The van der Waals surface area contributed by atoms with Crippen molar-refractivity contribution in [3.63, 3.8) is 0 Å². The number of anilines is 1. The quantitative estimate of drug-likeness (QED) is 0.548. The monoisotopic (exact) mass is 460 g/mol. The first-order valence-electron chi connectivity index (χ1n) is 6.46. The minimum atomic E-state index is -4.64. The van der Waals surface area contributed by atoms with E-state index in [1.165, 1.54) is 6.20 Å². The Bertz CT molecular complexity index is 952. The molecule has 0 atom stereocenters. The highest BCUT2D eigenvalue weighted by atomic mass is 127. The lowest BCUT2D eigenvalue weighted by Crippen LogP contribution is -2.14. The number of methoxy groups -OCH3 is 1. The minimum absolute atomic E-state index is 0.00435. The molecule has 25 heavy (non-hydrogen) atoms. The molecule has 0 aliphatic carbocycles. The van der Waals surface area contributed by atoms with Gasteiger partial charge < -0.3 is 15.0 Å². The molecule has 0 radical (unpaired) electrons. The number of hydrogen-bond acceptors (Lipinski definition) is 5. The smallest absolute Gasteiger partial charge is 0.416 e. The molecule has 0 spiro atoms. The number of ether oxygens (including phenoxy) is 1. The molecule has 1 aromatic heterocycles. The Labute approximate surface area is 153 Å². The first kappa shape index (κ1) is 18.6. The number of nitrogen functional groups attached to an aromatic ring is 1. The molecule has 0 unspecified atom stereocenters. The summed E-state index contributed by atoms with van der Waals surface area (Å²) in [6, 6.07) is 4.96. The largest absolute Gasteiger partial charge is 0.464 e.